The number of aromatic nitrogens is 2. The standard InChI is InChI=1S/C10H7FN4O2/c11-9-5-7(1-3-12-9)14-10-6-8(15(16)17)2-4-13-10/h1-6H,(H,12,13,14). The van der Waals surface area contributed by atoms with Crippen molar-refractivity contribution < 1.29 is 9.31 Å². The number of nitrogens with one attached hydrogen (secondary N) is 1. The molecule has 0 aliphatic heterocycles. The Morgan fingerprint density at radius 2 is 2.00 bits per heavy atom. The summed E-state index contributed by atoms with van der Waals surface area (Å²) in [6.07, 6.45) is 2.59. The number of halogens is 1. The SMILES string of the molecule is O=[N+]([O-])c1ccnc(Nc2ccnc(F)c2)c1. The first-order valence-electron chi connectivity index (χ1n) is 4.64. The van der Waals surface area contributed by atoms with Crippen molar-refractivity contribution >= 4 is 17.2 Å². The van der Waals surface area contributed by atoms with Gasteiger partial charge >= 0.3 is 0 Å². The van der Waals surface area contributed by atoms with E-state index in [1.165, 1.54) is 36.7 Å². The molecule has 7 heteroatoms. The van der Waals surface area contributed by atoms with Crippen LogP contribution in [0.4, 0.5) is 21.6 Å². The van der Waals surface area contributed by atoms with Crippen molar-refractivity contribution in [3.8, 4) is 0 Å². The van der Waals surface area contributed by atoms with Gasteiger partial charge in [-0.05, 0) is 6.07 Å². The fraction of sp³-hybridized carbons (Fsp3) is 0. The summed E-state index contributed by atoms with van der Waals surface area (Å²) in [6.45, 7) is 0. The Morgan fingerprint density at radius 1 is 1.24 bits per heavy atom. The molecule has 0 spiro atoms. The van der Waals surface area contributed by atoms with Crippen LogP contribution in [0.2, 0.25) is 0 Å². The second-order valence-electron chi connectivity index (χ2n) is 3.15. The molecule has 0 atom stereocenters. The molecule has 86 valence electrons. The molecule has 17 heavy (non-hydrogen) atoms. The Balaban J connectivity index is 2.24. The van der Waals surface area contributed by atoms with E-state index in [-0.39, 0.29) is 11.5 Å². The summed E-state index contributed by atoms with van der Waals surface area (Å²) in [5, 5.41) is 13.3. The first-order valence-corrected chi connectivity index (χ1v) is 4.64. The Hall–Kier alpha value is -2.57. The van der Waals surface area contributed by atoms with Gasteiger partial charge in [0.05, 0.1) is 11.0 Å². The lowest BCUT2D eigenvalue weighted by Crippen LogP contribution is -1.96. The molecule has 0 aliphatic rings. The molecule has 0 fully saturated rings. The van der Waals surface area contributed by atoms with Crippen LogP contribution in [-0.2, 0) is 0 Å². The lowest BCUT2D eigenvalue weighted by Gasteiger charge is -2.04. The van der Waals surface area contributed by atoms with Gasteiger partial charge in [0.15, 0.2) is 0 Å². The number of hydrogen-bond donors (Lipinski definition) is 1. The molecule has 2 aromatic rings. The molecule has 0 saturated heterocycles. The van der Waals surface area contributed by atoms with Crippen molar-refractivity contribution in [2.45, 2.75) is 0 Å². The first kappa shape index (κ1) is 10.9. The Labute approximate surface area is 95.3 Å². The van der Waals surface area contributed by atoms with Crippen LogP contribution in [0.1, 0.15) is 0 Å². The molecule has 2 rings (SSSR count). The van der Waals surface area contributed by atoms with Crippen molar-refractivity contribution in [2.75, 3.05) is 5.32 Å². The number of rotatable bonds is 3. The normalized spacial score (nSPS) is 9.94. The van der Waals surface area contributed by atoms with E-state index < -0.39 is 10.9 Å². The van der Waals surface area contributed by atoms with Crippen molar-refractivity contribution in [3.05, 3.63) is 52.7 Å². The lowest BCUT2D eigenvalue weighted by atomic mass is 10.3. The average molecular weight is 234 g/mol. The molecule has 0 amide bonds. The largest absolute Gasteiger partial charge is 0.340 e. The molecule has 2 aromatic heterocycles. The number of nitrogens with zero attached hydrogens (tertiary/aromatic N) is 3. The summed E-state index contributed by atoms with van der Waals surface area (Å²) in [5.74, 6) is -0.370. The summed E-state index contributed by atoms with van der Waals surface area (Å²) in [5.41, 5.74) is 0.336. The number of anilines is 2. The third-order valence-corrected chi connectivity index (χ3v) is 1.95. The Kier molecular flexibility index (Phi) is 2.91. The zero-order chi connectivity index (χ0) is 12.3. The fourth-order valence-electron chi connectivity index (χ4n) is 1.23. The van der Waals surface area contributed by atoms with E-state index in [4.69, 9.17) is 0 Å². The van der Waals surface area contributed by atoms with Gasteiger partial charge < -0.3 is 5.32 Å². The van der Waals surface area contributed by atoms with Gasteiger partial charge in [0, 0.05) is 30.2 Å². The number of pyridine rings is 2. The van der Waals surface area contributed by atoms with Crippen molar-refractivity contribution in [2.24, 2.45) is 0 Å². The molecule has 0 saturated carbocycles. The minimum absolute atomic E-state index is 0.0861. The van der Waals surface area contributed by atoms with Crippen molar-refractivity contribution in [1.82, 2.24) is 9.97 Å². The highest BCUT2D eigenvalue weighted by Gasteiger charge is 2.06. The van der Waals surface area contributed by atoms with E-state index in [1.807, 2.05) is 0 Å². The van der Waals surface area contributed by atoms with E-state index in [9.17, 15) is 14.5 Å². The summed E-state index contributed by atoms with van der Waals surface area (Å²) in [6, 6.07) is 5.24. The minimum atomic E-state index is -0.638. The van der Waals surface area contributed by atoms with E-state index >= 15 is 0 Å². The van der Waals surface area contributed by atoms with Gasteiger partial charge in [-0.15, -0.1) is 0 Å². The molecule has 1 N–H and O–H groups in total. The monoisotopic (exact) mass is 234 g/mol. The topological polar surface area (TPSA) is 81.0 Å². The van der Waals surface area contributed by atoms with Gasteiger partial charge in [-0.1, -0.05) is 0 Å². The van der Waals surface area contributed by atoms with E-state index in [0.29, 0.717) is 5.69 Å². The van der Waals surface area contributed by atoms with Crippen LogP contribution in [0.15, 0.2) is 36.7 Å². The van der Waals surface area contributed by atoms with Crippen LogP contribution in [0.5, 0.6) is 0 Å². The molecule has 0 bridgehead atoms. The molecule has 6 nitrogen and oxygen atoms in total. The van der Waals surface area contributed by atoms with Crippen LogP contribution in [0, 0.1) is 16.1 Å². The van der Waals surface area contributed by atoms with E-state index in [1.54, 1.807) is 0 Å². The predicted molar refractivity (Wildman–Crippen MR) is 58.4 cm³/mol. The highest BCUT2D eigenvalue weighted by atomic mass is 19.1. The summed E-state index contributed by atoms with van der Waals surface area (Å²) >= 11 is 0. The third kappa shape index (κ3) is 2.71. The van der Waals surface area contributed by atoms with Gasteiger partial charge in [0.1, 0.15) is 5.82 Å². The Bertz CT molecular complexity index is 562. The molecule has 0 aliphatic carbocycles. The van der Waals surface area contributed by atoms with Crippen LogP contribution >= 0.6 is 0 Å². The van der Waals surface area contributed by atoms with Gasteiger partial charge in [-0.25, -0.2) is 9.97 Å². The summed E-state index contributed by atoms with van der Waals surface area (Å²) in [4.78, 5) is 17.3. The Morgan fingerprint density at radius 3 is 2.71 bits per heavy atom. The first-order chi connectivity index (χ1) is 8.15. The maximum Gasteiger partial charge on any atom is 0.274 e. The van der Waals surface area contributed by atoms with E-state index in [0.717, 1.165) is 0 Å². The lowest BCUT2D eigenvalue weighted by molar-refractivity contribution is -0.384. The number of nitro groups is 1. The van der Waals surface area contributed by atoms with E-state index in [2.05, 4.69) is 15.3 Å². The predicted octanol–water partition coefficient (Wildman–Crippen LogP) is 2.27. The van der Waals surface area contributed by atoms with Crippen LogP contribution < -0.4 is 5.32 Å². The molecule has 0 unspecified atom stereocenters. The molecule has 2 heterocycles. The van der Waals surface area contributed by atoms with Gasteiger partial charge in [0.2, 0.25) is 5.95 Å². The second-order valence-corrected chi connectivity index (χ2v) is 3.15. The van der Waals surface area contributed by atoms with Crippen molar-refractivity contribution in [3.63, 3.8) is 0 Å². The fourth-order valence-corrected chi connectivity index (χ4v) is 1.23. The third-order valence-electron chi connectivity index (χ3n) is 1.95. The average Bonchev–Trinajstić information content (AvgIpc) is 2.29. The molecule has 0 aromatic carbocycles. The quantitative estimate of drug-likeness (QED) is 0.500. The highest BCUT2D eigenvalue weighted by Crippen LogP contribution is 2.18. The van der Waals surface area contributed by atoms with Crippen LogP contribution in [0.25, 0.3) is 0 Å². The van der Waals surface area contributed by atoms with Gasteiger partial charge in [-0.3, -0.25) is 10.1 Å². The van der Waals surface area contributed by atoms with Crippen LogP contribution in [0.3, 0.4) is 0 Å². The van der Waals surface area contributed by atoms with Crippen molar-refractivity contribution in [1.29, 1.82) is 0 Å². The smallest absolute Gasteiger partial charge is 0.274 e. The second kappa shape index (κ2) is 4.52. The highest BCUT2D eigenvalue weighted by molar-refractivity contribution is 5.57. The zero-order valence-electron chi connectivity index (χ0n) is 8.50. The summed E-state index contributed by atoms with van der Waals surface area (Å²) < 4.78 is 12.8. The minimum Gasteiger partial charge on any atom is -0.340 e. The maximum absolute atomic E-state index is 12.8. The molecule has 0 radical (unpaired) electrons. The molecular weight excluding hydrogens is 227 g/mol. The van der Waals surface area contributed by atoms with Crippen LogP contribution in [-0.4, -0.2) is 14.9 Å². The number of hydrogen-bond acceptors (Lipinski definition) is 5. The van der Waals surface area contributed by atoms with Gasteiger partial charge in [0.25, 0.3) is 5.69 Å². The zero-order valence-corrected chi connectivity index (χ0v) is 8.50. The molecular formula is C10H7FN4O2. The van der Waals surface area contributed by atoms with Gasteiger partial charge in [-0.2, -0.15) is 4.39 Å². The summed E-state index contributed by atoms with van der Waals surface area (Å²) in [7, 11) is 0. The maximum atomic E-state index is 12.8.